The number of nitrogens with one attached hydrogen (secondary N) is 1. The van der Waals surface area contributed by atoms with Crippen molar-refractivity contribution in [2.75, 3.05) is 19.0 Å². The van der Waals surface area contributed by atoms with Crippen molar-refractivity contribution in [3.8, 4) is 0 Å². The average molecular weight is 301 g/mol. The number of alkyl halides is 1. The predicted octanol–water partition coefficient (Wildman–Crippen LogP) is 2.10. The zero-order chi connectivity index (χ0) is 13.7. The molecule has 2 rings (SSSR count). The largest absolute Gasteiger partial charge is 0.353 e. The van der Waals surface area contributed by atoms with Gasteiger partial charge in [-0.15, -0.1) is 22.9 Å². The molecule has 1 fully saturated rings. The predicted molar refractivity (Wildman–Crippen MR) is 76.7 cm³/mol. The van der Waals surface area contributed by atoms with Gasteiger partial charge in [-0.05, 0) is 24.3 Å². The van der Waals surface area contributed by atoms with Gasteiger partial charge in [-0.1, -0.05) is 6.07 Å². The molecular formula is C13H17ClN2O2S. The molecule has 0 radical (unpaired) electrons. The smallest absolute Gasteiger partial charge is 0.263 e. The first-order valence-electron chi connectivity index (χ1n) is 6.39. The van der Waals surface area contributed by atoms with Crippen LogP contribution >= 0.6 is 22.9 Å². The third-order valence-corrected chi connectivity index (χ3v) is 4.25. The standard InChI is InChI=1S/C13H17ClN2O2S/c14-6-3-12(17)15-10-4-7-16(8-5-10)13(18)11-2-1-9-19-11/h1-2,9-10H,3-8H2,(H,15,17). The third-order valence-electron chi connectivity index (χ3n) is 3.20. The van der Waals surface area contributed by atoms with Crippen molar-refractivity contribution in [1.29, 1.82) is 0 Å². The van der Waals surface area contributed by atoms with Gasteiger partial charge in [-0.2, -0.15) is 0 Å². The van der Waals surface area contributed by atoms with Crippen molar-refractivity contribution >= 4 is 34.8 Å². The van der Waals surface area contributed by atoms with Gasteiger partial charge < -0.3 is 10.2 Å². The van der Waals surface area contributed by atoms with Crippen LogP contribution in [-0.2, 0) is 4.79 Å². The maximum absolute atomic E-state index is 12.1. The molecule has 1 aromatic rings. The fraction of sp³-hybridized carbons (Fsp3) is 0.538. The van der Waals surface area contributed by atoms with E-state index in [9.17, 15) is 9.59 Å². The summed E-state index contributed by atoms with van der Waals surface area (Å²) in [4.78, 5) is 26.2. The summed E-state index contributed by atoms with van der Waals surface area (Å²) in [6.45, 7) is 1.39. The Hall–Kier alpha value is -1.07. The molecule has 19 heavy (non-hydrogen) atoms. The lowest BCUT2D eigenvalue weighted by Crippen LogP contribution is -2.46. The van der Waals surface area contributed by atoms with Crippen molar-refractivity contribution in [1.82, 2.24) is 10.2 Å². The number of amides is 2. The molecule has 0 atom stereocenters. The van der Waals surface area contributed by atoms with Crippen molar-refractivity contribution in [2.45, 2.75) is 25.3 Å². The molecule has 0 aliphatic carbocycles. The lowest BCUT2D eigenvalue weighted by Gasteiger charge is -2.32. The van der Waals surface area contributed by atoms with E-state index < -0.39 is 0 Å². The molecule has 0 spiro atoms. The van der Waals surface area contributed by atoms with Gasteiger partial charge in [-0.25, -0.2) is 0 Å². The van der Waals surface area contributed by atoms with Gasteiger partial charge in [0, 0.05) is 31.4 Å². The summed E-state index contributed by atoms with van der Waals surface area (Å²) in [6, 6.07) is 3.90. The first-order valence-corrected chi connectivity index (χ1v) is 7.80. The fourth-order valence-corrected chi connectivity index (χ4v) is 3.03. The summed E-state index contributed by atoms with van der Waals surface area (Å²) < 4.78 is 0. The lowest BCUT2D eigenvalue weighted by molar-refractivity contribution is -0.121. The summed E-state index contributed by atoms with van der Waals surface area (Å²) in [7, 11) is 0. The van der Waals surface area contributed by atoms with Crippen LogP contribution in [0.5, 0.6) is 0 Å². The highest BCUT2D eigenvalue weighted by molar-refractivity contribution is 7.12. The SMILES string of the molecule is O=C(CCCl)NC1CCN(C(=O)c2cccs2)CC1. The molecular weight excluding hydrogens is 284 g/mol. The maximum Gasteiger partial charge on any atom is 0.263 e. The first kappa shape index (κ1) is 14.3. The van der Waals surface area contributed by atoms with Gasteiger partial charge in [0.1, 0.15) is 0 Å². The van der Waals surface area contributed by atoms with Gasteiger partial charge >= 0.3 is 0 Å². The second kappa shape index (κ2) is 6.91. The minimum absolute atomic E-state index is 0.00182. The number of thiophene rings is 1. The summed E-state index contributed by atoms with van der Waals surface area (Å²) in [5.41, 5.74) is 0. The number of hydrogen-bond donors (Lipinski definition) is 1. The van der Waals surface area contributed by atoms with Crippen LogP contribution in [0.2, 0.25) is 0 Å². The summed E-state index contributed by atoms with van der Waals surface area (Å²) >= 11 is 6.99. The van der Waals surface area contributed by atoms with Crippen LogP contribution in [0.15, 0.2) is 17.5 Å². The Morgan fingerprint density at radius 1 is 1.42 bits per heavy atom. The average Bonchev–Trinajstić information content (AvgIpc) is 2.93. The number of nitrogens with zero attached hydrogens (tertiary/aromatic N) is 1. The molecule has 0 saturated carbocycles. The fourth-order valence-electron chi connectivity index (χ4n) is 2.17. The van der Waals surface area contributed by atoms with E-state index in [1.165, 1.54) is 11.3 Å². The van der Waals surface area contributed by atoms with Gasteiger partial charge in [0.25, 0.3) is 5.91 Å². The lowest BCUT2D eigenvalue weighted by atomic mass is 10.0. The number of likely N-dealkylation sites (tertiary alicyclic amines) is 1. The van der Waals surface area contributed by atoms with Crippen molar-refractivity contribution in [2.24, 2.45) is 0 Å². The van der Waals surface area contributed by atoms with Gasteiger partial charge in [0.15, 0.2) is 0 Å². The molecule has 0 aromatic carbocycles. The molecule has 4 nitrogen and oxygen atoms in total. The van der Waals surface area contributed by atoms with Gasteiger partial charge in [0.2, 0.25) is 5.91 Å². The number of carbonyl (C=O) groups excluding carboxylic acids is 2. The Morgan fingerprint density at radius 3 is 2.74 bits per heavy atom. The monoisotopic (exact) mass is 300 g/mol. The second-order valence-electron chi connectivity index (χ2n) is 4.55. The van der Waals surface area contributed by atoms with E-state index in [0.29, 0.717) is 25.4 Å². The van der Waals surface area contributed by atoms with Crippen LogP contribution in [0, 0.1) is 0 Å². The normalized spacial score (nSPS) is 16.4. The Morgan fingerprint density at radius 2 is 2.16 bits per heavy atom. The van der Waals surface area contributed by atoms with E-state index >= 15 is 0 Å². The highest BCUT2D eigenvalue weighted by Crippen LogP contribution is 2.17. The molecule has 104 valence electrons. The van der Waals surface area contributed by atoms with Crippen LogP contribution < -0.4 is 5.32 Å². The van der Waals surface area contributed by atoms with E-state index in [0.717, 1.165) is 17.7 Å². The summed E-state index contributed by atoms with van der Waals surface area (Å²) in [6.07, 6.45) is 1.98. The van der Waals surface area contributed by atoms with Crippen molar-refractivity contribution < 1.29 is 9.59 Å². The molecule has 1 aliphatic heterocycles. The Bertz CT molecular complexity index is 428. The molecule has 6 heteroatoms. The maximum atomic E-state index is 12.1. The van der Waals surface area contributed by atoms with E-state index in [2.05, 4.69) is 5.32 Å². The van der Waals surface area contributed by atoms with Crippen LogP contribution in [0.3, 0.4) is 0 Å². The highest BCUT2D eigenvalue weighted by Gasteiger charge is 2.24. The van der Waals surface area contributed by atoms with E-state index in [-0.39, 0.29) is 17.9 Å². The second-order valence-corrected chi connectivity index (χ2v) is 5.88. The highest BCUT2D eigenvalue weighted by atomic mass is 35.5. The number of hydrogen-bond acceptors (Lipinski definition) is 3. The molecule has 0 bridgehead atoms. The summed E-state index contributed by atoms with van der Waals surface area (Å²) in [5, 5.41) is 4.86. The zero-order valence-electron chi connectivity index (χ0n) is 10.6. The molecule has 1 aliphatic rings. The minimum Gasteiger partial charge on any atom is -0.353 e. The Kier molecular flexibility index (Phi) is 5.22. The number of piperidine rings is 1. The van der Waals surface area contributed by atoms with Crippen LogP contribution in [0.25, 0.3) is 0 Å². The number of carbonyl (C=O) groups is 2. The van der Waals surface area contributed by atoms with Gasteiger partial charge in [-0.3, -0.25) is 9.59 Å². The molecule has 2 amide bonds. The van der Waals surface area contributed by atoms with Crippen molar-refractivity contribution in [3.05, 3.63) is 22.4 Å². The van der Waals surface area contributed by atoms with Crippen molar-refractivity contribution in [3.63, 3.8) is 0 Å². The topological polar surface area (TPSA) is 49.4 Å². The summed E-state index contributed by atoms with van der Waals surface area (Å²) in [5.74, 6) is 0.445. The van der Waals surface area contributed by atoms with Gasteiger partial charge in [0.05, 0.1) is 4.88 Å². The third kappa shape index (κ3) is 3.94. The molecule has 1 aromatic heterocycles. The number of rotatable bonds is 4. The quantitative estimate of drug-likeness (QED) is 0.866. The van der Waals surface area contributed by atoms with E-state index in [4.69, 9.17) is 11.6 Å². The first-order chi connectivity index (χ1) is 9.20. The molecule has 0 unspecified atom stereocenters. The number of halogens is 1. The minimum atomic E-state index is -0.00182. The molecule has 1 saturated heterocycles. The molecule has 2 heterocycles. The van der Waals surface area contributed by atoms with Crippen LogP contribution in [0.4, 0.5) is 0 Å². The van der Waals surface area contributed by atoms with Crippen LogP contribution in [0.1, 0.15) is 28.9 Å². The van der Waals surface area contributed by atoms with E-state index in [1.54, 1.807) is 0 Å². The zero-order valence-corrected chi connectivity index (χ0v) is 12.2. The van der Waals surface area contributed by atoms with Crippen LogP contribution in [-0.4, -0.2) is 41.7 Å². The Balaban J connectivity index is 1.79. The van der Waals surface area contributed by atoms with E-state index in [1.807, 2.05) is 22.4 Å². The Labute approximate surface area is 121 Å². The molecule has 1 N–H and O–H groups in total.